The summed E-state index contributed by atoms with van der Waals surface area (Å²) in [5, 5.41) is 11.3. The molecule has 1 aliphatic rings. The van der Waals surface area contributed by atoms with Crippen molar-refractivity contribution in [3.05, 3.63) is 0 Å². The lowest BCUT2D eigenvalue weighted by Crippen LogP contribution is -2.26. The molecule has 0 saturated carbocycles. The molecule has 0 aromatic rings. The fourth-order valence-corrected chi connectivity index (χ4v) is 1.93. The van der Waals surface area contributed by atoms with Crippen LogP contribution in [0.15, 0.2) is 5.16 Å². The Bertz CT molecular complexity index is 215. The van der Waals surface area contributed by atoms with E-state index in [0.717, 1.165) is 32.5 Å². The standard InChI is InChI=1S/C11H23N3O2/c1-14(8-6-11(12)13-15)7-2-4-10-5-3-9-16-10/h10,15H,2-9H2,1H3,(H2,12,13). The summed E-state index contributed by atoms with van der Waals surface area (Å²) in [6, 6.07) is 0. The van der Waals surface area contributed by atoms with Gasteiger partial charge in [-0.15, -0.1) is 0 Å². The van der Waals surface area contributed by atoms with Gasteiger partial charge in [-0.3, -0.25) is 0 Å². The summed E-state index contributed by atoms with van der Waals surface area (Å²) >= 11 is 0. The van der Waals surface area contributed by atoms with E-state index in [1.54, 1.807) is 0 Å². The SMILES string of the molecule is CN(CCCC1CCCO1)CCC(N)=NO. The summed E-state index contributed by atoms with van der Waals surface area (Å²) in [5.41, 5.74) is 5.40. The third-order valence-electron chi connectivity index (χ3n) is 2.97. The van der Waals surface area contributed by atoms with Crippen molar-refractivity contribution >= 4 is 5.84 Å². The number of amidine groups is 1. The summed E-state index contributed by atoms with van der Waals surface area (Å²) in [5.74, 6) is 0.297. The van der Waals surface area contributed by atoms with Crippen LogP contribution in [0.25, 0.3) is 0 Å². The molecule has 1 aliphatic heterocycles. The van der Waals surface area contributed by atoms with Crippen LogP contribution in [0.2, 0.25) is 0 Å². The minimum atomic E-state index is 0.297. The maximum atomic E-state index is 8.40. The topological polar surface area (TPSA) is 71.1 Å². The Balaban J connectivity index is 1.99. The average molecular weight is 229 g/mol. The van der Waals surface area contributed by atoms with Crippen LogP contribution in [0.3, 0.4) is 0 Å². The van der Waals surface area contributed by atoms with Gasteiger partial charge in [-0.1, -0.05) is 5.16 Å². The molecule has 16 heavy (non-hydrogen) atoms. The largest absolute Gasteiger partial charge is 0.409 e. The number of hydrogen-bond donors (Lipinski definition) is 2. The fraction of sp³-hybridized carbons (Fsp3) is 0.909. The van der Waals surface area contributed by atoms with E-state index in [4.69, 9.17) is 15.7 Å². The number of hydrogen-bond acceptors (Lipinski definition) is 4. The molecule has 5 heteroatoms. The first-order valence-electron chi connectivity index (χ1n) is 5.99. The van der Waals surface area contributed by atoms with Crippen molar-refractivity contribution in [1.29, 1.82) is 0 Å². The molecule has 1 rings (SSSR count). The number of rotatable bonds is 7. The lowest BCUT2D eigenvalue weighted by molar-refractivity contribution is 0.0998. The molecular weight excluding hydrogens is 206 g/mol. The molecule has 3 N–H and O–H groups in total. The second kappa shape index (κ2) is 7.46. The van der Waals surface area contributed by atoms with E-state index in [-0.39, 0.29) is 0 Å². The van der Waals surface area contributed by atoms with Crippen molar-refractivity contribution in [2.75, 3.05) is 26.7 Å². The number of nitrogens with two attached hydrogens (primary N) is 1. The smallest absolute Gasteiger partial charge is 0.140 e. The Morgan fingerprint density at radius 3 is 3.00 bits per heavy atom. The Hall–Kier alpha value is -0.810. The Kier molecular flexibility index (Phi) is 6.18. The van der Waals surface area contributed by atoms with Gasteiger partial charge in [-0.05, 0) is 39.3 Å². The monoisotopic (exact) mass is 229 g/mol. The normalized spacial score (nSPS) is 21.9. The van der Waals surface area contributed by atoms with Crippen LogP contribution in [0.4, 0.5) is 0 Å². The molecule has 0 spiro atoms. The van der Waals surface area contributed by atoms with Gasteiger partial charge in [0.05, 0.1) is 6.10 Å². The predicted molar refractivity (Wildman–Crippen MR) is 63.7 cm³/mol. The van der Waals surface area contributed by atoms with Crippen LogP contribution < -0.4 is 5.73 Å². The van der Waals surface area contributed by atoms with Gasteiger partial charge in [0.15, 0.2) is 0 Å². The van der Waals surface area contributed by atoms with Gasteiger partial charge >= 0.3 is 0 Å². The van der Waals surface area contributed by atoms with E-state index in [0.29, 0.717) is 18.4 Å². The van der Waals surface area contributed by atoms with E-state index in [9.17, 15) is 0 Å². The van der Waals surface area contributed by atoms with Crippen LogP contribution in [-0.4, -0.2) is 48.8 Å². The Morgan fingerprint density at radius 2 is 2.38 bits per heavy atom. The second-order valence-corrected chi connectivity index (χ2v) is 4.42. The van der Waals surface area contributed by atoms with Gasteiger partial charge in [-0.25, -0.2) is 0 Å². The van der Waals surface area contributed by atoms with Crippen LogP contribution >= 0.6 is 0 Å². The van der Waals surface area contributed by atoms with Crippen LogP contribution in [-0.2, 0) is 4.74 Å². The Labute approximate surface area is 97.2 Å². The lowest BCUT2D eigenvalue weighted by atomic mass is 10.1. The summed E-state index contributed by atoms with van der Waals surface area (Å²) in [4.78, 5) is 2.20. The molecule has 0 aromatic heterocycles. The first kappa shape index (κ1) is 13.3. The highest BCUT2D eigenvalue weighted by atomic mass is 16.5. The molecule has 5 nitrogen and oxygen atoms in total. The van der Waals surface area contributed by atoms with Crippen molar-refractivity contribution in [2.24, 2.45) is 10.9 Å². The molecule has 0 aliphatic carbocycles. The predicted octanol–water partition coefficient (Wildman–Crippen LogP) is 1.01. The van der Waals surface area contributed by atoms with E-state index in [1.807, 2.05) is 0 Å². The second-order valence-electron chi connectivity index (χ2n) is 4.42. The molecule has 1 heterocycles. The first-order valence-corrected chi connectivity index (χ1v) is 5.99. The fourth-order valence-electron chi connectivity index (χ4n) is 1.93. The quantitative estimate of drug-likeness (QED) is 0.296. The van der Waals surface area contributed by atoms with Crippen molar-refractivity contribution in [2.45, 2.75) is 38.2 Å². The summed E-state index contributed by atoms with van der Waals surface area (Å²) in [6.45, 7) is 2.81. The van der Waals surface area contributed by atoms with E-state index < -0.39 is 0 Å². The van der Waals surface area contributed by atoms with Gasteiger partial charge in [-0.2, -0.15) is 0 Å². The summed E-state index contributed by atoms with van der Waals surface area (Å²) < 4.78 is 5.56. The zero-order valence-corrected chi connectivity index (χ0v) is 10.1. The van der Waals surface area contributed by atoms with E-state index >= 15 is 0 Å². The van der Waals surface area contributed by atoms with Crippen molar-refractivity contribution in [3.8, 4) is 0 Å². The Morgan fingerprint density at radius 1 is 1.56 bits per heavy atom. The molecule has 1 saturated heterocycles. The zero-order valence-electron chi connectivity index (χ0n) is 10.1. The molecule has 0 radical (unpaired) electrons. The molecule has 1 atom stereocenters. The molecular formula is C11H23N3O2. The summed E-state index contributed by atoms with van der Waals surface area (Å²) in [6.07, 6.45) is 5.83. The minimum absolute atomic E-state index is 0.297. The van der Waals surface area contributed by atoms with E-state index in [2.05, 4.69) is 17.1 Å². The van der Waals surface area contributed by atoms with Crippen molar-refractivity contribution in [3.63, 3.8) is 0 Å². The maximum absolute atomic E-state index is 8.40. The molecule has 1 unspecified atom stereocenters. The minimum Gasteiger partial charge on any atom is -0.409 e. The number of nitrogens with zero attached hydrogens (tertiary/aromatic N) is 2. The molecule has 0 aromatic carbocycles. The van der Waals surface area contributed by atoms with Gasteiger partial charge in [0, 0.05) is 19.6 Å². The van der Waals surface area contributed by atoms with Gasteiger partial charge in [0.2, 0.25) is 0 Å². The molecule has 0 amide bonds. The number of oxime groups is 1. The maximum Gasteiger partial charge on any atom is 0.140 e. The van der Waals surface area contributed by atoms with Gasteiger partial charge in [0.25, 0.3) is 0 Å². The third kappa shape index (κ3) is 5.32. The van der Waals surface area contributed by atoms with Crippen LogP contribution in [0, 0.1) is 0 Å². The van der Waals surface area contributed by atoms with Crippen LogP contribution in [0.1, 0.15) is 32.1 Å². The average Bonchev–Trinajstić information content (AvgIpc) is 2.79. The lowest BCUT2D eigenvalue weighted by Gasteiger charge is -2.17. The molecule has 0 bridgehead atoms. The van der Waals surface area contributed by atoms with Gasteiger partial charge in [0.1, 0.15) is 5.84 Å². The highest BCUT2D eigenvalue weighted by Crippen LogP contribution is 2.16. The third-order valence-corrected chi connectivity index (χ3v) is 2.97. The highest BCUT2D eigenvalue weighted by molar-refractivity contribution is 5.79. The summed E-state index contributed by atoms with van der Waals surface area (Å²) in [7, 11) is 2.06. The van der Waals surface area contributed by atoms with Crippen molar-refractivity contribution < 1.29 is 9.94 Å². The van der Waals surface area contributed by atoms with Crippen LogP contribution in [0.5, 0.6) is 0 Å². The number of ether oxygens (including phenoxy) is 1. The van der Waals surface area contributed by atoms with Crippen molar-refractivity contribution in [1.82, 2.24) is 4.90 Å². The molecule has 94 valence electrons. The molecule has 1 fully saturated rings. The van der Waals surface area contributed by atoms with Gasteiger partial charge < -0.3 is 20.6 Å². The highest BCUT2D eigenvalue weighted by Gasteiger charge is 2.14. The van der Waals surface area contributed by atoms with E-state index in [1.165, 1.54) is 12.8 Å². The first-order chi connectivity index (χ1) is 7.72. The zero-order chi connectivity index (χ0) is 11.8.